The molecule has 1 aromatic heterocycles. The lowest BCUT2D eigenvalue weighted by molar-refractivity contribution is -0.126. The highest BCUT2D eigenvalue weighted by molar-refractivity contribution is 5.98. The summed E-state index contributed by atoms with van der Waals surface area (Å²) in [6, 6.07) is 12.4. The zero-order valence-electron chi connectivity index (χ0n) is 28.2. The Bertz CT molecular complexity index is 1580. The number of nitrogens with one attached hydrogen (secondary N) is 2. The fourth-order valence-corrected chi connectivity index (χ4v) is 6.77. The third-order valence-corrected chi connectivity index (χ3v) is 9.50. The number of amides is 4. The second-order valence-corrected chi connectivity index (χ2v) is 13.8. The number of primary amides is 1. The van der Waals surface area contributed by atoms with Crippen LogP contribution < -0.4 is 25.8 Å². The van der Waals surface area contributed by atoms with Crippen molar-refractivity contribution in [2.75, 3.05) is 27.3 Å². The number of ether oxygens (including phenoxy) is 2. The Hall–Kier alpha value is -4.54. The molecule has 5 rings (SSSR count). The van der Waals surface area contributed by atoms with Gasteiger partial charge in [-0.2, -0.15) is 0 Å². The first-order valence-electron chi connectivity index (χ1n) is 16.4. The molecule has 252 valence electrons. The van der Waals surface area contributed by atoms with E-state index in [1.807, 2.05) is 6.33 Å². The third-order valence-electron chi connectivity index (χ3n) is 9.50. The zero-order chi connectivity index (χ0) is 33.7. The van der Waals surface area contributed by atoms with Crippen molar-refractivity contribution in [3.63, 3.8) is 0 Å². The fraction of sp³-hybridized carbons (Fsp3) is 0.500. The molecule has 2 aliphatic rings. The molecule has 1 fully saturated rings. The quantitative estimate of drug-likeness (QED) is 0.299. The van der Waals surface area contributed by atoms with E-state index in [1.165, 1.54) is 12.7 Å². The molecule has 4 amide bonds. The molecule has 3 atom stereocenters. The van der Waals surface area contributed by atoms with Crippen molar-refractivity contribution in [1.82, 2.24) is 25.1 Å². The van der Waals surface area contributed by atoms with Gasteiger partial charge in [-0.1, -0.05) is 51.5 Å². The van der Waals surface area contributed by atoms with Gasteiger partial charge in [-0.25, -0.2) is 9.78 Å². The molecule has 0 spiro atoms. The Kier molecular flexibility index (Phi) is 10.4. The number of nitrogens with zero attached hydrogens (tertiary/aromatic N) is 3. The molecule has 11 nitrogen and oxygen atoms in total. The van der Waals surface area contributed by atoms with Gasteiger partial charge in [0.05, 0.1) is 38.5 Å². The van der Waals surface area contributed by atoms with Crippen LogP contribution in [0.4, 0.5) is 4.79 Å². The van der Waals surface area contributed by atoms with Gasteiger partial charge in [0.15, 0.2) is 11.5 Å². The lowest BCUT2D eigenvalue weighted by atomic mass is 9.81. The van der Waals surface area contributed by atoms with E-state index >= 15 is 0 Å². The predicted molar refractivity (Wildman–Crippen MR) is 179 cm³/mol. The minimum Gasteiger partial charge on any atom is -0.493 e. The molecule has 4 N–H and O–H groups in total. The molecular formula is C36H48N6O5. The van der Waals surface area contributed by atoms with Gasteiger partial charge in [0, 0.05) is 31.6 Å². The van der Waals surface area contributed by atoms with E-state index in [1.54, 1.807) is 30.2 Å². The molecule has 3 aromatic rings. The van der Waals surface area contributed by atoms with Gasteiger partial charge in [-0.3, -0.25) is 9.59 Å². The molecule has 2 heterocycles. The SMILES string of the molecule is COc1ccc(C(=O)N2Cc3c(ncn3Cc3ccc(C(C)(C)C)cc3)CC2C(=O)NCC2CCCC(CNC(N)=O)C2)cc1OC. The fourth-order valence-electron chi connectivity index (χ4n) is 6.77. The smallest absolute Gasteiger partial charge is 0.312 e. The maximum atomic E-state index is 14.2. The number of imidazole rings is 1. The number of urea groups is 1. The predicted octanol–water partition coefficient (Wildman–Crippen LogP) is 4.40. The number of methoxy groups -OCH3 is 2. The van der Waals surface area contributed by atoms with Crippen molar-refractivity contribution in [2.45, 2.75) is 77.4 Å². The van der Waals surface area contributed by atoms with Crippen LogP contribution in [0.3, 0.4) is 0 Å². The van der Waals surface area contributed by atoms with Crippen LogP contribution in [0, 0.1) is 11.8 Å². The summed E-state index contributed by atoms with van der Waals surface area (Å²) >= 11 is 0. The summed E-state index contributed by atoms with van der Waals surface area (Å²) in [5, 5.41) is 5.87. The van der Waals surface area contributed by atoms with Gasteiger partial charge < -0.3 is 35.3 Å². The Morgan fingerprint density at radius 3 is 2.28 bits per heavy atom. The first kappa shape index (κ1) is 33.8. The Morgan fingerprint density at radius 1 is 0.957 bits per heavy atom. The first-order valence-corrected chi connectivity index (χ1v) is 16.4. The van der Waals surface area contributed by atoms with E-state index < -0.39 is 12.1 Å². The highest BCUT2D eigenvalue weighted by atomic mass is 16.5. The van der Waals surface area contributed by atoms with Crippen molar-refractivity contribution in [3.8, 4) is 11.5 Å². The third kappa shape index (κ3) is 8.07. The average Bonchev–Trinajstić information content (AvgIpc) is 3.46. The number of rotatable bonds is 10. The molecule has 0 saturated heterocycles. The van der Waals surface area contributed by atoms with E-state index in [0.717, 1.165) is 42.6 Å². The van der Waals surface area contributed by atoms with Crippen molar-refractivity contribution in [2.24, 2.45) is 17.6 Å². The largest absolute Gasteiger partial charge is 0.493 e. The van der Waals surface area contributed by atoms with E-state index in [9.17, 15) is 14.4 Å². The van der Waals surface area contributed by atoms with Gasteiger partial charge >= 0.3 is 6.03 Å². The Balaban J connectivity index is 1.36. The lowest BCUT2D eigenvalue weighted by Crippen LogP contribution is -2.53. The number of carbonyl (C=O) groups excluding carboxylic acids is 3. The van der Waals surface area contributed by atoms with Crippen LogP contribution in [0.15, 0.2) is 48.8 Å². The second kappa shape index (κ2) is 14.5. The van der Waals surface area contributed by atoms with Crippen molar-refractivity contribution in [3.05, 3.63) is 76.9 Å². The second-order valence-electron chi connectivity index (χ2n) is 13.8. The molecule has 0 radical (unpaired) electrons. The number of aromatic nitrogens is 2. The van der Waals surface area contributed by atoms with E-state index in [4.69, 9.17) is 20.2 Å². The number of hydrogen-bond acceptors (Lipinski definition) is 6. The summed E-state index contributed by atoms with van der Waals surface area (Å²) < 4.78 is 12.9. The summed E-state index contributed by atoms with van der Waals surface area (Å²) in [5.41, 5.74) is 9.88. The van der Waals surface area contributed by atoms with Crippen LogP contribution in [0.1, 0.15) is 79.3 Å². The highest BCUT2D eigenvalue weighted by Gasteiger charge is 2.38. The molecule has 1 aliphatic carbocycles. The number of carbonyl (C=O) groups is 3. The van der Waals surface area contributed by atoms with Crippen LogP contribution >= 0.6 is 0 Å². The van der Waals surface area contributed by atoms with Gasteiger partial charge in [-0.05, 0) is 65.8 Å². The molecule has 1 aliphatic heterocycles. The standard InChI is InChI=1S/C36H48N6O5/c1-36(2,3)27-12-9-23(10-13-27)20-41-22-40-28-17-29(33(43)38-18-24-7-6-8-25(15-24)19-39-35(37)45)42(21-30(28)41)34(44)26-11-14-31(46-4)32(16-26)47-5/h9-14,16,22,24-25,29H,6-8,15,17-21H2,1-5H3,(H,38,43)(H3,37,39,45). The van der Waals surface area contributed by atoms with Crippen LogP contribution in [-0.4, -0.2) is 65.6 Å². The minimum atomic E-state index is -0.728. The van der Waals surface area contributed by atoms with Crippen LogP contribution in [-0.2, 0) is 29.7 Å². The normalized spacial score (nSPS) is 19.4. The molecule has 0 bridgehead atoms. The van der Waals surface area contributed by atoms with E-state index in [0.29, 0.717) is 49.0 Å². The van der Waals surface area contributed by atoms with Crippen LogP contribution in [0.25, 0.3) is 0 Å². The molecule has 47 heavy (non-hydrogen) atoms. The first-order chi connectivity index (χ1) is 22.5. The number of hydrogen-bond donors (Lipinski definition) is 3. The molecule has 11 heteroatoms. The number of nitrogens with two attached hydrogens (primary N) is 1. The monoisotopic (exact) mass is 644 g/mol. The summed E-state index contributed by atoms with van der Waals surface area (Å²) in [7, 11) is 3.08. The minimum absolute atomic E-state index is 0.0636. The Morgan fingerprint density at radius 2 is 1.64 bits per heavy atom. The van der Waals surface area contributed by atoms with Gasteiger partial charge in [0.2, 0.25) is 5.91 Å². The molecular weight excluding hydrogens is 596 g/mol. The van der Waals surface area contributed by atoms with Crippen LogP contribution in [0.2, 0.25) is 0 Å². The number of benzene rings is 2. The van der Waals surface area contributed by atoms with Crippen molar-refractivity contribution >= 4 is 17.8 Å². The highest BCUT2D eigenvalue weighted by Crippen LogP contribution is 2.32. The van der Waals surface area contributed by atoms with Crippen molar-refractivity contribution < 1.29 is 23.9 Å². The zero-order valence-corrected chi connectivity index (χ0v) is 28.2. The van der Waals surface area contributed by atoms with E-state index in [-0.39, 0.29) is 29.7 Å². The summed E-state index contributed by atoms with van der Waals surface area (Å²) in [5.74, 6) is 1.10. The maximum absolute atomic E-state index is 14.2. The molecule has 2 aromatic carbocycles. The Labute approximate surface area is 277 Å². The molecule has 1 saturated carbocycles. The number of fused-ring (bicyclic) bond motifs is 1. The van der Waals surface area contributed by atoms with Gasteiger partial charge in [0.1, 0.15) is 6.04 Å². The van der Waals surface area contributed by atoms with E-state index in [2.05, 4.69) is 60.2 Å². The van der Waals surface area contributed by atoms with Crippen molar-refractivity contribution in [1.29, 1.82) is 0 Å². The summed E-state index contributed by atoms with van der Waals surface area (Å²) in [6.07, 6.45) is 6.06. The van der Waals surface area contributed by atoms with Crippen LogP contribution in [0.5, 0.6) is 11.5 Å². The van der Waals surface area contributed by atoms with Gasteiger partial charge in [0.25, 0.3) is 5.91 Å². The lowest BCUT2D eigenvalue weighted by Gasteiger charge is -2.36. The maximum Gasteiger partial charge on any atom is 0.312 e. The molecule has 3 unspecified atom stereocenters. The summed E-state index contributed by atoms with van der Waals surface area (Å²) in [4.78, 5) is 45.6. The summed E-state index contributed by atoms with van der Waals surface area (Å²) in [6.45, 7) is 8.48. The van der Waals surface area contributed by atoms with Gasteiger partial charge in [-0.15, -0.1) is 0 Å². The topological polar surface area (TPSA) is 141 Å². The average molecular weight is 645 g/mol.